The number of amides is 2. The summed E-state index contributed by atoms with van der Waals surface area (Å²) in [6.07, 6.45) is 1.69. The van der Waals surface area contributed by atoms with Crippen LogP contribution in [0.5, 0.6) is 0 Å². The lowest BCUT2D eigenvalue weighted by molar-refractivity contribution is -0.139. The molecule has 0 spiro atoms. The van der Waals surface area contributed by atoms with Gasteiger partial charge < -0.3 is 0 Å². The van der Waals surface area contributed by atoms with Crippen LogP contribution in [0.15, 0.2) is 12.2 Å². The average Bonchev–Trinajstić information content (AvgIpc) is 2.73. The molecular formula is C12H16ClNO2. The number of hydrogen-bond donors (Lipinski definition) is 0. The molecule has 1 heterocycles. The number of carbonyl (C=O) groups excluding carboxylic acids is 2. The summed E-state index contributed by atoms with van der Waals surface area (Å²) in [6.45, 7) is 6.13. The highest BCUT2D eigenvalue weighted by atomic mass is 35.5. The number of halogens is 1. The Balaban J connectivity index is 2.11. The minimum absolute atomic E-state index is 0.0226. The Morgan fingerprint density at radius 1 is 1.38 bits per heavy atom. The van der Waals surface area contributed by atoms with E-state index < -0.39 is 0 Å². The van der Waals surface area contributed by atoms with Gasteiger partial charge in [0.05, 0.1) is 18.4 Å². The van der Waals surface area contributed by atoms with Gasteiger partial charge in [-0.15, -0.1) is 11.6 Å². The van der Waals surface area contributed by atoms with E-state index in [0.29, 0.717) is 18.3 Å². The van der Waals surface area contributed by atoms with Crippen LogP contribution in [0.2, 0.25) is 0 Å². The van der Waals surface area contributed by atoms with Crippen LogP contribution in [0.25, 0.3) is 0 Å². The Morgan fingerprint density at radius 2 is 1.88 bits per heavy atom. The third-order valence-corrected chi connectivity index (χ3v) is 3.91. The number of fused-ring (bicyclic) bond motifs is 1. The fourth-order valence-electron chi connectivity index (χ4n) is 2.77. The van der Waals surface area contributed by atoms with Crippen molar-refractivity contribution in [1.82, 2.24) is 4.90 Å². The minimum Gasteiger partial charge on any atom is -0.278 e. The number of rotatable bonds is 3. The second kappa shape index (κ2) is 4.21. The predicted molar refractivity (Wildman–Crippen MR) is 62.0 cm³/mol. The number of hydrogen-bond acceptors (Lipinski definition) is 2. The summed E-state index contributed by atoms with van der Waals surface area (Å²) < 4.78 is 0. The van der Waals surface area contributed by atoms with Crippen LogP contribution in [-0.4, -0.2) is 29.1 Å². The Kier molecular flexibility index (Phi) is 3.06. The van der Waals surface area contributed by atoms with Crippen molar-refractivity contribution >= 4 is 23.4 Å². The van der Waals surface area contributed by atoms with Crippen molar-refractivity contribution in [3.8, 4) is 0 Å². The molecule has 1 saturated heterocycles. The standard InChI is InChI=1S/C12H16ClNO2/c1-7-3-9-10(4-7)12(16)14(11(9)15)6-8(2)5-13/h7,9-10H,2-6H2,1H3. The van der Waals surface area contributed by atoms with Gasteiger partial charge in [0, 0.05) is 5.88 Å². The lowest BCUT2D eigenvalue weighted by Gasteiger charge is -2.17. The molecule has 0 radical (unpaired) electrons. The topological polar surface area (TPSA) is 37.4 Å². The molecule has 0 bridgehead atoms. The van der Waals surface area contributed by atoms with E-state index in [1.807, 2.05) is 0 Å². The molecule has 0 aromatic carbocycles. The Bertz CT molecular complexity index is 329. The zero-order valence-corrected chi connectivity index (χ0v) is 10.2. The van der Waals surface area contributed by atoms with Crippen LogP contribution in [0, 0.1) is 17.8 Å². The molecule has 0 aromatic heterocycles. The summed E-state index contributed by atoms with van der Waals surface area (Å²) in [7, 11) is 0. The molecule has 1 saturated carbocycles. The molecule has 2 amide bonds. The smallest absolute Gasteiger partial charge is 0.233 e. The molecule has 1 aliphatic carbocycles. The summed E-state index contributed by atoms with van der Waals surface area (Å²) in [5.41, 5.74) is 0.719. The Labute approximate surface area is 100 Å². The molecule has 0 N–H and O–H groups in total. The summed E-state index contributed by atoms with van der Waals surface area (Å²) in [5.74, 6) is 0.580. The normalized spacial score (nSPS) is 33.4. The lowest BCUT2D eigenvalue weighted by atomic mass is 10.00. The highest BCUT2D eigenvalue weighted by molar-refractivity contribution is 6.19. The van der Waals surface area contributed by atoms with Crippen LogP contribution >= 0.6 is 11.6 Å². The molecule has 3 nitrogen and oxygen atoms in total. The van der Waals surface area contributed by atoms with Crippen molar-refractivity contribution in [2.75, 3.05) is 12.4 Å². The van der Waals surface area contributed by atoms with Crippen LogP contribution in [0.3, 0.4) is 0 Å². The second-order valence-electron chi connectivity index (χ2n) is 4.94. The van der Waals surface area contributed by atoms with Gasteiger partial charge in [0.2, 0.25) is 11.8 Å². The number of imide groups is 1. The lowest BCUT2D eigenvalue weighted by Crippen LogP contribution is -2.34. The summed E-state index contributed by atoms with van der Waals surface area (Å²) in [5, 5.41) is 0. The third kappa shape index (κ3) is 1.77. The minimum atomic E-state index is -0.0781. The van der Waals surface area contributed by atoms with Crippen molar-refractivity contribution in [2.45, 2.75) is 19.8 Å². The van der Waals surface area contributed by atoms with Crippen molar-refractivity contribution in [2.24, 2.45) is 17.8 Å². The van der Waals surface area contributed by atoms with E-state index in [9.17, 15) is 9.59 Å². The van der Waals surface area contributed by atoms with Gasteiger partial charge in [-0.05, 0) is 24.3 Å². The zero-order chi connectivity index (χ0) is 11.9. The molecular weight excluding hydrogens is 226 g/mol. The predicted octanol–water partition coefficient (Wildman–Crippen LogP) is 1.81. The third-order valence-electron chi connectivity index (χ3n) is 3.54. The SMILES string of the molecule is C=C(CCl)CN1C(=O)C2CC(C)CC2C1=O. The molecule has 1 aliphatic heterocycles. The van der Waals surface area contributed by atoms with Crippen molar-refractivity contribution in [1.29, 1.82) is 0 Å². The van der Waals surface area contributed by atoms with E-state index in [1.165, 1.54) is 4.90 Å². The fourth-order valence-corrected chi connectivity index (χ4v) is 2.85. The molecule has 2 fully saturated rings. The molecule has 2 unspecified atom stereocenters. The highest BCUT2D eigenvalue weighted by Crippen LogP contribution is 2.42. The van der Waals surface area contributed by atoms with Gasteiger partial charge in [0.1, 0.15) is 0 Å². The van der Waals surface area contributed by atoms with Gasteiger partial charge >= 0.3 is 0 Å². The zero-order valence-electron chi connectivity index (χ0n) is 9.41. The number of carbonyl (C=O) groups is 2. The highest BCUT2D eigenvalue weighted by Gasteiger charge is 2.51. The number of alkyl halides is 1. The van der Waals surface area contributed by atoms with Crippen molar-refractivity contribution < 1.29 is 9.59 Å². The van der Waals surface area contributed by atoms with E-state index in [1.54, 1.807) is 0 Å². The second-order valence-corrected chi connectivity index (χ2v) is 5.20. The van der Waals surface area contributed by atoms with Crippen molar-refractivity contribution in [3.63, 3.8) is 0 Å². The van der Waals surface area contributed by atoms with E-state index in [-0.39, 0.29) is 23.7 Å². The van der Waals surface area contributed by atoms with Gasteiger partial charge in [0.25, 0.3) is 0 Å². The molecule has 2 atom stereocenters. The molecule has 2 rings (SSSR count). The number of likely N-dealkylation sites (tertiary alicyclic amines) is 1. The average molecular weight is 242 g/mol. The number of nitrogens with zero attached hydrogens (tertiary/aromatic N) is 1. The Morgan fingerprint density at radius 3 is 2.31 bits per heavy atom. The Hall–Kier alpha value is -0.830. The van der Waals surface area contributed by atoms with Crippen LogP contribution in [-0.2, 0) is 9.59 Å². The molecule has 88 valence electrons. The van der Waals surface area contributed by atoms with E-state index in [0.717, 1.165) is 18.4 Å². The maximum Gasteiger partial charge on any atom is 0.233 e. The largest absolute Gasteiger partial charge is 0.278 e. The molecule has 16 heavy (non-hydrogen) atoms. The first-order valence-electron chi connectivity index (χ1n) is 5.62. The maximum absolute atomic E-state index is 12.0. The molecule has 2 aliphatic rings. The quantitative estimate of drug-likeness (QED) is 0.429. The summed E-state index contributed by atoms with van der Waals surface area (Å²) in [6, 6.07) is 0. The first kappa shape index (κ1) is 11.6. The van der Waals surface area contributed by atoms with Crippen LogP contribution in [0.1, 0.15) is 19.8 Å². The molecule has 4 heteroatoms. The summed E-state index contributed by atoms with van der Waals surface area (Å²) >= 11 is 5.62. The van der Waals surface area contributed by atoms with Crippen LogP contribution in [0.4, 0.5) is 0 Å². The summed E-state index contributed by atoms with van der Waals surface area (Å²) in [4.78, 5) is 25.4. The van der Waals surface area contributed by atoms with Gasteiger partial charge in [-0.1, -0.05) is 13.5 Å². The molecule has 0 aromatic rings. The van der Waals surface area contributed by atoms with Gasteiger partial charge in [0.15, 0.2) is 0 Å². The van der Waals surface area contributed by atoms with Gasteiger partial charge in [-0.3, -0.25) is 14.5 Å². The van der Waals surface area contributed by atoms with E-state index in [2.05, 4.69) is 13.5 Å². The fraction of sp³-hybridized carbons (Fsp3) is 0.667. The monoisotopic (exact) mass is 241 g/mol. The van der Waals surface area contributed by atoms with E-state index in [4.69, 9.17) is 11.6 Å². The van der Waals surface area contributed by atoms with Crippen molar-refractivity contribution in [3.05, 3.63) is 12.2 Å². The first-order chi connectivity index (χ1) is 7.54. The maximum atomic E-state index is 12.0. The van der Waals surface area contributed by atoms with Gasteiger partial charge in [-0.2, -0.15) is 0 Å². The van der Waals surface area contributed by atoms with Crippen LogP contribution < -0.4 is 0 Å². The first-order valence-corrected chi connectivity index (χ1v) is 6.16. The van der Waals surface area contributed by atoms with Gasteiger partial charge in [-0.25, -0.2) is 0 Å². The van der Waals surface area contributed by atoms with E-state index >= 15 is 0 Å².